The van der Waals surface area contributed by atoms with Crippen LogP contribution in [0.1, 0.15) is 22.9 Å². The average Bonchev–Trinajstić information content (AvgIpc) is 2.73. The Hall–Kier alpha value is -1.97. The van der Waals surface area contributed by atoms with Gasteiger partial charge in [0.05, 0.1) is 24.0 Å². The van der Waals surface area contributed by atoms with E-state index >= 15 is 0 Å². The van der Waals surface area contributed by atoms with E-state index in [1.165, 1.54) is 11.8 Å². The molecule has 0 aliphatic carbocycles. The summed E-state index contributed by atoms with van der Waals surface area (Å²) < 4.78 is 27.8. The van der Waals surface area contributed by atoms with Gasteiger partial charge in [-0.15, -0.1) is 0 Å². The van der Waals surface area contributed by atoms with Crippen molar-refractivity contribution < 1.29 is 27.6 Å². The maximum atomic E-state index is 12.2. The second-order valence-corrected chi connectivity index (χ2v) is 6.73. The molecule has 20 heavy (non-hydrogen) atoms. The highest BCUT2D eigenvalue weighted by Gasteiger charge is 2.37. The molecule has 2 rings (SSSR count). The molecule has 1 aromatic rings. The van der Waals surface area contributed by atoms with E-state index in [1.54, 1.807) is 0 Å². The quantitative estimate of drug-likeness (QED) is 0.759. The van der Waals surface area contributed by atoms with Crippen molar-refractivity contribution in [3.05, 3.63) is 11.7 Å². The molecule has 0 spiro atoms. The minimum Gasteiger partial charge on any atom is -0.481 e. The Bertz CT molecular complexity index is 637. The van der Waals surface area contributed by atoms with E-state index in [-0.39, 0.29) is 29.8 Å². The summed E-state index contributed by atoms with van der Waals surface area (Å²) in [5, 5.41) is 12.3. The monoisotopic (exact) mass is 303 g/mol. The van der Waals surface area contributed by atoms with Crippen LogP contribution in [0.4, 0.5) is 0 Å². The van der Waals surface area contributed by atoms with Crippen molar-refractivity contribution in [3.8, 4) is 0 Å². The largest absolute Gasteiger partial charge is 0.481 e. The summed E-state index contributed by atoms with van der Waals surface area (Å²) in [6, 6.07) is -0.919. The second kappa shape index (κ2) is 5.19. The van der Waals surface area contributed by atoms with Crippen molar-refractivity contribution in [1.29, 1.82) is 0 Å². The number of aryl methyl sites for hydroxylation is 1. The van der Waals surface area contributed by atoms with E-state index in [2.05, 4.69) is 10.1 Å². The van der Waals surface area contributed by atoms with E-state index in [4.69, 9.17) is 9.63 Å². The van der Waals surface area contributed by atoms with Gasteiger partial charge in [0.15, 0.2) is 9.84 Å². The van der Waals surface area contributed by atoms with Gasteiger partial charge in [-0.3, -0.25) is 9.59 Å². The fourth-order valence-corrected chi connectivity index (χ4v) is 3.56. The predicted molar refractivity (Wildman–Crippen MR) is 64.8 cm³/mol. The van der Waals surface area contributed by atoms with Crippen LogP contribution in [0.3, 0.4) is 0 Å². The van der Waals surface area contributed by atoms with Crippen molar-refractivity contribution >= 4 is 21.7 Å². The highest BCUT2D eigenvalue weighted by molar-refractivity contribution is 7.91. The van der Waals surface area contributed by atoms with Crippen LogP contribution in [0, 0.1) is 6.92 Å². The number of hydrogen-bond donors (Lipinski definition) is 1. The Morgan fingerprint density at radius 1 is 1.50 bits per heavy atom. The molecule has 1 aromatic heterocycles. The van der Waals surface area contributed by atoms with Gasteiger partial charge >= 0.3 is 5.97 Å². The molecular formula is C10H13N3O6S. The van der Waals surface area contributed by atoms with Gasteiger partial charge in [0.25, 0.3) is 11.7 Å². The Balaban J connectivity index is 2.23. The van der Waals surface area contributed by atoms with Crippen LogP contribution in [-0.2, 0) is 14.6 Å². The maximum Gasteiger partial charge on any atom is 0.305 e. The van der Waals surface area contributed by atoms with Crippen molar-refractivity contribution in [2.45, 2.75) is 19.4 Å². The minimum atomic E-state index is -3.34. The van der Waals surface area contributed by atoms with Crippen LogP contribution in [0.15, 0.2) is 4.52 Å². The van der Waals surface area contributed by atoms with Gasteiger partial charge in [-0.1, -0.05) is 5.16 Å². The Morgan fingerprint density at radius 2 is 2.20 bits per heavy atom. The number of carbonyl (C=O) groups excluding carboxylic acids is 1. The Kier molecular flexibility index (Phi) is 3.75. The fraction of sp³-hybridized carbons (Fsp3) is 0.600. The van der Waals surface area contributed by atoms with Crippen LogP contribution in [-0.4, -0.2) is 64.5 Å². The summed E-state index contributed by atoms with van der Waals surface area (Å²) in [7, 11) is -3.34. The zero-order valence-corrected chi connectivity index (χ0v) is 11.5. The summed E-state index contributed by atoms with van der Waals surface area (Å²) >= 11 is 0. The smallest absolute Gasteiger partial charge is 0.305 e. The highest BCUT2D eigenvalue weighted by Crippen LogP contribution is 2.17. The molecule has 2 heterocycles. The molecule has 10 heteroatoms. The van der Waals surface area contributed by atoms with Crippen molar-refractivity contribution in [2.24, 2.45) is 0 Å². The molecule has 0 radical (unpaired) electrons. The number of carbonyl (C=O) groups is 2. The number of aromatic nitrogens is 2. The molecule has 9 nitrogen and oxygen atoms in total. The summed E-state index contributed by atoms with van der Waals surface area (Å²) in [6.07, 6.45) is -0.443. The molecule has 1 fully saturated rings. The third kappa shape index (κ3) is 3.13. The SMILES string of the molecule is Cc1nc(C(=O)N2CCS(=O)(=O)CC2CC(=O)O)no1. The molecule has 1 atom stereocenters. The summed E-state index contributed by atoms with van der Waals surface area (Å²) in [5.41, 5.74) is 0. The van der Waals surface area contributed by atoms with E-state index in [1.807, 2.05) is 0 Å². The molecular weight excluding hydrogens is 290 g/mol. The molecule has 0 aromatic carbocycles. The fourth-order valence-electron chi connectivity index (χ4n) is 2.04. The zero-order valence-electron chi connectivity index (χ0n) is 10.6. The first-order valence-corrected chi connectivity index (χ1v) is 7.64. The Labute approximate surface area is 114 Å². The topological polar surface area (TPSA) is 131 Å². The zero-order chi connectivity index (χ0) is 14.9. The van der Waals surface area contributed by atoms with Crippen molar-refractivity contribution in [3.63, 3.8) is 0 Å². The first kappa shape index (κ1) is 14.4. The highest BCUT2D eigenvalue weighted by atomic mass is 32.2. The number of nitrogens with zero attached hydrogens (tertiary/aromatic N) is 3. The van der Waals surface area contributed by atoms with E-state index in [0.717, 1.165) is 0 Å². The lowest BCUT2D eigenvalue weighted by atomic mass is 10.2. The lowest BCUT2D eigenvalue weighted by Gasteiger charge is -2.33. The molecule has 1 saturated heterocycles. The third-order valence-corrected chi connectivity index (χ3v) is 4.62. The first-order valence-electron chi connectivity index (χ1n) is 5.82. The number of carboxylic acids is 1. The predicted octanol–water partition coefficient (Wildman–Crippen LogP) is -0.908. The van der Waals surface area contributed by atoms with Crippen LogP contribution >= 0.6 is 0 Å². The summed E-state index contributed by atoms with van der Waals surface area (Å²) in [5.74, 6) is -2.37. The normalized spacial score (nSPS) is 21.6. The van der Waals surface area contributed by atoms with Crippen molar-refractivity contribution in [2.75, 3.05) is 18.1 Å². The molecule has 1 aliphatic rings. The van der Waals surface area contributed by atoms with Gasteiger partial charge in [0.2, 0.25) is 5.89 Å². The number of aliphatic carboxylic acids is 1. The van der Waals surface area contributed by atoms with Gasteiger partial charge in [-0.2, -0.15) is 4.98 Å². The Morgan fingerprint density at radius 3 is 2.75 bits per heavy atom. The summed E-state index contributed by atoms with van der Waals surface area (Å²) in [6.45, 7) is 1.44. The van der Waals surface area contributed by atoms with Crippen LogP contribution in [0.5, 0.6) is 0 Å². The first-order chi connectivity index (χ1) is 9.28. The molecule has 1 aliphatic heterocycles. The number of sulfone groups is 1. The molecule has 1 N–H and O–H groups in total. The van der Waals surface area contributed by atoms with E-state index in [0.29, 0.717) is 0 Å². The molecule has 1 unspecified atom stereocenters. The maximum absolute atomic E-state index is 12.2. The molecule has 1 amide bonds. The van der Waals surface area contributed by atoms with Gasteiger partial charge in [0, 0.05) is 13.5 Å². The lowest BCUT2D eigenvalue weighted by molar-refractivity contribution is -0.138. The van der Waals surface area contributed by atoms with Crippen molar-refractivity contribution in [1.82, 2.24) is 15.0 Å². The van der Waals surface area contributed by atoms with Crippen LogP contribution in [0.25, 0.3) is 0 Å². The average molecular weight is 303 g/mol. The van der Waals surface area contributed by atoms with Gasteiger partial charge in [-0.05, 0) is 0 Å². The number of carboxylic acid groups (broad SMARTS) is 1. The second-order valence-electron chi connectivity index (χ2n) is 4.50. The van der Waals surface area contributed by atoms with Gasteiger partial charge in [-0.25, -0.2) is 8.42 Å². The third-order valence-electron chi connectivity index (χ3n) is 2.92. The number of amides is 1. The molecule has 110 valence electrons. The standard InChI is InChI=1S/C10H13N3O6S/c1-6-11-9(12-19-6)10(16)13-2-3-20(17,18)5-7(13)4-8(14)15/h7H,2-5H2,1H3,(H,14,15). The number of hydrogen-bond acceptors (Lipinski definition) is 7. The minimum absolute atomic E-state index is 0.0767. The van der Waals surface area contributed by atoms with E-state index in [9.17, 15) is 18.0 Å². The molecule has 0 saturated carbocycles. The number of rotatable bonds is 3. The van der Waals surface area contributed by atoms with Gasteiger partial charge in [0.1, 0.15) is 0 Å². The lowest BCUT2D eigenvalue weighted by Crippen LogP contribution is -2.52. The van der Waals surface area contributed by atoms with Crippen LogP contribution < -0.4 is 0 Å². The van der Waals surface area contributed by atoms with E-state index < -0.39 is 34.2 Å². The van der Waals surface area contributed by atoms with Gasteiger partial charge < -0.3 is 14.5 Å². The van der Waals surface area contributed by atoms with Crippen LogP contribution in [0.2, 0.25) is 0 Å². The molecule has 0 bridgehead atoms. The summed E-state index contributed by atoms with van der Waals surface area (Å²) in [4.78, 5) is 27.9.